The average molecular weight is 407 g/mol. The minimum Gasteiger partial charge on any atom is -0.384 e. The molecule has 9 nitrogen and oxygen atoms in total. The van der Waals surface area contributed by atoms with E-state index in [-0.39, 0.29) is 6.04 Å². The van der Waals surface area contributed by atoms with Gasteiger partial charge in [-0.05, 0) is 31.2 Å². The highest BCUT2D eigenvalue weighted by Gasteiger charge is 2.25. The van der Waals surface area contributed by atoms with E-state index in [1.807, 2.05) is 18.2 Å². The van der Waals surface area contributed by atoms with Crippen LogP contribution in [0.1, 0.15) is 6.92 Å². The van der Waals surface area contributed by atoms with Crippen LogP contribution in [0.15, 0.2) is 30.5 Å². The Kier molecular flexibility index (Phi) is 5.06. The summed E-state index contributed by atoms with van der Waals surface area (Å²) in [7, 11) is 0. The predicted octanol–water partition coefficient (Wildman–Crippen LogP) is 1.73. The zero-order valence-electron chi connectivity index (χ0n) is 17.0. The maximum Gasteiger partial charge on any atom is 0.229 e. The molecule has 3 aromatic rings. The summed E-state index contributed by atoms with van der Waals surface area (Å²) in [6, 6.07) is 7.94. The van der Waals surface area contributed by atoms with Gasteiger partial charge in [-0.25, -0.2) is 9.97 Å². The molecule has 2 aliphatic heterocycles. The fraction of sp³-hybridized carbons (Fsp3) is 0.429. The van der Waals surface area contributed by atoms with Gasteiger partial charge >= 0.3 is 0 Å². The van der Waals surface area contributed by atoms with Gasteiger partial charge in [-0.2, -0.15) is 9.97 Å². The summed E-state index contributed by atoms with van der Waals surface area (Å²) >= 11 is 0. The van der Waals surface area contributed by atoms with E-state index in [4.69, 9.17) is 30.2 Å². The topological polar surface area (TPSA) is 103 Å². The number of nitrogens with zero attached hydrogens (tertiary/aromatic N) is 6. The lowest BCUT2D eigenvalue weighted by Crippen LogP contribution is -2.45. The molecule has 0 aromatic carbocycles. The smallest absolute Gasteiger partial charge is 0.229 e. The van der Waals surface area contributed by atoms with Crippen molar-refractivity contribution in [2.45, 2.75) is 13.0 Å². The van der Waals surface area contributed by atoms with E-state index in [9.17, 15) is 0 Å². The van der Waals surface area contributed by atoms with Crippen LogP contribution in [0.3, 0.4) is 0 Å². The molecular weight excluding hydrogens is 382 g/mol. The number of pyridine rings is 2. The highest BCUT2D eigenvalue weighted by Crippen LogP contribution is 2.30. The third-order valence-electron chi connectivity index (χ3n) is 5.55. The minimum atomic E-state index is 0.207. The van der Waals surface area contributed by atoms with Crippen molar-refractivity contribution in [3.05, 3.63) is 30.5 Å². The van der Waals surface area contributed by atoms with E-state index >= 15 is 0 Å². The van der Waals surface area contributed by atoms with Crippen molar-refractivity contribution in [3.8, 4) is 11.3 Å². The highest BCUT2D eigenvalue weighted by molar-refractivity contribution is 5.89. The number of rotatable bonds is 3. The number of morpholine rings is 2. The van der Waals surface area contributed by atoms with Gasteiger partial charge in [0.1, 0.15) is 11.6 Å². The van der Waals surface area contributed by atoms with Crippen LogP contribution < -0.4 is 15.5 Å². The van der Waals surface area contributed by atoms with Gasteiger partial charge in [-0.15, -0.1) is 0 Å². The lowest BCUT2D eigenvalue weighted by Gasteiger charge is -2.34. The van der Waals surface area contributed by atoms with E-state index in [2.05, 4.69) is 21.7 Å². The van der Waals surface area contributed by atoms with Crippen LogP contribution in [0.4, 0.5) is 17.6 Å². The van der Waals surface area contributed by atoms with Gasteiger partial charge in [0.25, 0.3) is 0 Å². The first kappa shape index (κ1) is 19.0. The molecule has 9 heteroatoms. The fourth-order valence-electron chi connectivity index (χ4n) is 3.87. The van der Waals surface area contributed by atoms with Crippen molar-refractivity contribution in [2.24, 2.45) is 0 Å². The second-order valence-corrected chi connectivity index (χ2v) is 7.60. The first-order valence-electron chi connectivity index (χ1n) is 10.3. The van der Waals surface area contributed by atoms with Crippen LogP contribution >= 0.6 is 0 Å². The van der Waals surface area contributed by atoms with Crippen LogP contribution in [0.5, 0.6) is 0 Å². The van der Waals surface area contributed by atoms with Gasteiger partial charge in [0.05, 0.1) is 43.5 Å². The van der Waals surface area contributed by atoms with Crippen molar-refractivity contribution >= 4 is 28.6 Å². The van der Waals surface area contributed by atoms with Gasteiger partial charge in [-0.1, -0.05) is 0 Å². The molecule has 2 aliphatic rings. The highest BCUT2D eigenvalue weighted by atomic mass is 16.5. The van der Waals surface area contributed by atoms with Crippen LogP contribution in [0.25, 0.3) is 22.3 Å². The normalized spacial score (nSPS) is 20.0. The Bertz CT molecular complexity index is 1040. The summed E-state index contributed by atoms with van der Waals surface area (Å²) in [4.78, 5) is 23.3. The van der Waals surface area contributed by atoms with E-state index in [1.54, 1.807) is 12.3 Å². The first-order valence-corrected chi connectivity index (χ1v) is 10.3. The number of fused-ring (bicyclic) bond motifs is 1. The molecule has 0 radical (unpaired) electrons. The van der Waals surface area contributed by atoms with Crippen molar-refractivity contribution in [1.82, 2.24) is 19.9 Å². The number of nitrogen functional groups attached to an aromatic ring is 1. The third-order valence-corrected chi connectivity index (χ3v) is 5.55. The monoisotopic (exact) mass is 407 g/mol. The minimum absolute atomic E-state index is 0.207. The molecule has 0 spiro atoms. The summed E-state index contributed by atoms with van der Waals surface area (Å²) in [5.74, 6) is 2.09. The van der Waals surface area contributed by atoms with Gasteiger partial charge in [0.15, 0.2) is 5.65 Å². The van der Waals surface area contributed by atoms with Gasteiger partial charge in [0.2, 0.25) is 5.95 Å². The fourth-order valence-corrected chi connectivity index (χ4v) is 3.87. The molecule has 2 fully saturated rings. The first-order chi connectivity index (χ1) is 14.7. The molecule has 0 aliphatic carbocycles. The summed E-state index contributed by atoms with van der Waals surface area (Å²) in [6.45, 7) is 7.21. The van der Waals surface area contributed by atoms with Crippen molar-refractivity contribution < 1.29 is 9.47 Å². The Balaban J connectivity index is 1.63. The Hall–Kier alpha value is -3.04. The molecule has 2 saturated heterocycles. The van der Waals surface area contributed by atoms with Gasteiger partial charge in [-0.3, -0.25) is 0 Å². The van der Waals surface area contributed by atoms with E-state index < -0.39 is 0 Å². The van der Waals surface area contributed by atoms with Gasteiger partial charge < -0.3 is 25.0 Å². The van der Waals surface area contributed by atoms with E-state index in [0.29, 0.717) is 43.8 Å². The third kappa shape index (κ3) is 3.61. The summed E-state index contributed by atoms with van der Waals surface area (Å²) in [5.41, 5.74) is 8.11. The van der Waals surface area contributed by atoms with E-state index in [1.165, 1.54) is 0 Å². The standard InChI is InChI=1S/C21H25N7O2/c1-14-13-30-11-8-28(14)21-25-19-16(20(26-21)27-6-9-29-10-7-27)3-4-17(24-19)15-2-5-18(22)23-12-15/h2-5,12,14H,6-11,13H2,1H3,(H2,22,23). The maximum atomic E-state index is 5.73. The second-order valence-electron chi connectivity index (χ2n) is 7.60. The second kappa shape index (κ2) is 8.00. The Morgan fingerprint density at radius 2 is 1.80 bits per heavy atom. The Labute approximate surface area is 174 Å². The molecule has 2 N–H and O–H groups in total. The zero-order chi connectivity index (χ0) is 20.5. The number of hydrogen-bond acceptors (Lipinski definition) is 9. The van der Waals surface area contributed by atoms with Crippen LogP contribution in [0.2, 0.25) is 0 Å². The van der Waals surface area contributed by atoms with Crippen molar-refractivity contribution in [2.75, 3.05) is 61.6 Å². The largest absolute Gasteiger partial charge is 0.384 e. The molecule has 1 atom stereocenters. The summed E-state index contributed by atoms with van der Waals surface area (Å²) < 4.78 is 11.1. The molecule has 5 heterocycles. The molecular formula is C21H25N7O2. The van der Waals surface area contributed by atoms with Crippen molar-refractivity contribution in [3.63, 3.8) is 0 Å². The van der Waals surface area contributed by atoms with E-state index in [0.717, 1.165) is 42.1 Å². The molecule has 0 saturated carbocycles. The Morgan fingerprint density at radius 3 is 2.57 bits per heavy atom. The molecule has 1 unspecified atom stereocenters. The SMILES string of the molecule is CC1COCCN1c1nc(N2CCOCC2)c2ccc(-c3ccc(N)nc3)nc2n1. The maximum absolute atomic E-state index is 5.73. The average Bonchev–Trinajstić information content (AvgIpc) is 2.79. The predicted molar refractivity (Wildman–Crippen MR) is 116 cm³/mol. The quantitative estimate of drug-likeness (QED) is 0.695. The molecule has 0 bridgehead atoms. The van der Waals surface area contributed by atoms with Crippen LogP contribution in [-0.4, -0.2) is 72.0 Å². The number of nitrogens with two attached hydrogens (primary N) is 1. The lowest BCUT2D eigenvalue weighted by atomic mass is 10.1. The number of ether oxygens (including phenoxy) is 2. The molecule has 3 aromatic heterocycles. The van der Waals surface area contributed by atoms with Gasteiger partial charge in [0, 0.05) is 31.4 Å². The number of hydrogen-bond donors (Lipinski definition) is 1. The summed E-state index contributed by atoms with van der Waals surface area (Å²) in [6.07, 6.45) is 1.73. The number of anilines is 3. The zero-order valence-corrected chi connectivity index (χ0v) is 17.0. The Morgan fingerprint density at radius 1 is 0.967 bits per heavy atom. The molecule has 30 heavy (non-hydrogen) atoms. The molecule has 156 valence electrons. The molecule has 0 amide bonds. The van der Waals surface area contributed by atoms with Crippen molar-refractivity contribution in [1.29, 1.82) is 0 Å². The van der Waals surface area contributed by atoms with Crippen LogP contribution in [-0.2, 0) is 9.47 Å². The summed E-state index contributed by atoms with van der Waals surface area (Å²) in [5, 5.41) is 0.939. The lowest BCUT2D eigenvalue weighted by molar-refractivity contribution is 0.0981. The molecule has 5 rings (SSSR count). The van der Waals surface area contributed by atoms with Crippen LogP contribution in [0, 0.1) is 0 Å². The number of aromatic nitrogens is 4.